The number of rotatable bonds is 8. The van der Waals surface area contributed by atoms with Crippen molar-refractivity contribution < 1.29 is 4.79 Å². The number of carbonyl (C=O) groups excluding carboxylic acids is 1. The Morgan fingerprint density at radius 3 is 2.81 bits per heavy atom. The van der Waals surface area contributed by atoms with Crippen LogP contribution in [-0.4, -0.2) is 43.0 Å². The van der Waals surface area contributed by atoms with E-state index in [-0.39, 0.29) is 11.9 Å². The van der Waals surface area contributed by atoms with Gasteiger partial charge in [0, 0.05) is 19.6 Å². The number of hydrogen-bond acceptors (Lipinski definition) is 3. The molecule has 1 heterocycles. The molecule has 0 aliphatic carbocycles. The Balaban J connectivity index is 1.77. The van der Waals surface area contributed by atoms with E-state index in [1.54, 1.807) is 0 Å². The first-order valence-corrected chi connectivity index (χ1v) is 8.07. The molecule has 1 aliphatic rings. The third-order valence-electron chi connectivity index (χ3n) is 3.92. The predicted octanol–water partition coefficient (Wildman–Crippen LogP) is 1.77. The summed E-state index contributed by atoms with van der Waals surface area (Å²) in [6.07, 6.45) is 3.21. The summed E-state index contributed by atoms with van der Waals surface area (Å²) in [5, 5.41) is 6.36. The Kier molecular flexibility index (Phi) is 6.70. The number of amides is 1. The van der Waals surface area contributed by atoms with E-state index in [4.69, 9.17) is 0 Å². The van der Waals surface area contributed by atoms with Crippen LogP contribution in [0.4, 0.5) is 0 Å². The van der Waals surface area contributed by atoms with Crippen molar-refractivity contribution in [2.24, 2.45) is 0 Å². The van der Waals surface area contributed by atoms with Crippen LogP contribution in [0.2, 0.25) is 0 Å². The van der Waals surface area contributed by atoms with Crippen LogP contribution in [-0.2, 0) is 11.3 Å². The largest absolute Gasteiger partial charge is 0.353 e. The molecule has 1 amide bonds. The minimum Gasteiger partial charge on any atom is -0.353 e. The first kappa shape index (κ1) is 16.0. The van der Waals surface area contributed by atoms with Crippen molar-refractivity contribution in [3.8, 4) is 0 Å². The highest BCUT2D eigenvalue weighted by molar-refractivity contribution is 5.82. The predicted molar refractivity (Wildman–Crippen MR) is 86.0 cm³/mol. The van der Waals surface area contributed by atoms with Crippen LogP contribution in [0, 0.1) is 0 Å². The van der Waals surface area contributed by atoms with Crippen molar-refractivity contribution in [2.45, 2.75) is 38.8 Å². The van der Waals surface area contributed by atoms with E-state index in [2.05, 4.69) is 46.7 Å². The molecule has 0 radical (unpaired) electrons. The van der Waals surface area contributed by atoms with Crippen LogP contribution in [0.15, 0.2) is 30.3 Å². The highest BCUT2D eigenvalue weighted by atomic mass is 16.2. The lowest BCUT2D eigenvalue weighted by Gasteiger charge is -2.23. The van der Waals surface area contributed by atoms with Crippen LogP contribution in [0.5, 0.6) is 0 Å². The molecule has 1 atom stereocenters. The molecule has 1 fully saturated rings. The Morgan fingerprint density at radius 2 is 2.05 bits per heavy atom. The SMILES string of the molecule is CCCNCCNC(=O)C1CCCN1Cc1ccccc1. The van der Waals surface area contributed by atoms with Crippen molar-refractivity contribution in [3.63, 3.8) is 0 Å². The van der Waals surface area contributed by atoms with E-state index < -0.39 is 0 Å². The Bertz CT molecular complexity index is 421. The second-order valence-corrected chi connectivity index (χ2v) is 5.66. The third kappa shape index (κ3) is 5.14. The third-order valence-corrected chi connectivity index (χ3v) is 3.92. The number of carbonyl (C=O) groups is 1. The summed E-state index contributed by atoms with van der Waals surface area (Å²) in [4.78, 5) is 14.6. The molecule has 116 valence electrons. The number of hydrogen-bond donors (Lipinski definition) is 2. The van der Waals surface area contributed by atoms with E-state index in [1.165, 1.54) is 5.56 Å². The molecule has 4 nitrogen and oxygen atoms in total. The van der Waals surface area contributed by atoms with Crippen molar-refractivity contribution in [3.05, 3.63) is 35.9 Å². The minimum atomic E-state index is 0.0383. The van der Waals surface area contributed by atoms with Crippen molar-refractivity contribution in [1.29, 1.82) is 0 Å². The van der Waals surface area contributed by atoms with Gasteiger partial charge in [0.05, 0.1) is 6.04 Å². The fourth-order valence-corrected chi connectivity index (χ4v) is 2.82. The monoisotopic (exact) mass is 289 g/mol. The molecule has 0 saturated carbocycles. The van der Waals surface area contributed by atoms with Gasteiger partial charge >= 0.3 is 0 Å². The zero-order valence-electron chi connectivity index (χ0n) is 13.0. The maximum atomic E-state index is 12.3. The van der Waals surface area contributed by atoms with Gasteiger partial charge in [-0.15, -0.1) is 0 Å². The lowest BCUT2D eigenvalue weighted by molar-refractivity contribution is -0.125. The van der Waals surface area contributed by atoms with E-state index in [0.717, 1.165) is 45.4 Å². The molecular weight excluding hydrogens is 262 g/mol. The molecule has 0 aromatic heterocycles. The summed E-state index contributed by atoms with van der Waals surface area (Å²) in [6, 6.07) is 10.4. The van der Waals surface area contributed by atoms with Crippen molar-refractivity contribution >= 4 is 5.91 Å². The van der Waals surface area contributed by atoms with E-state index >= 15 is 0 Å². The molecule has 1 saturated heterocycles. The number of benzene rings is 1. The van der Waals surface area contributed by atoms with Gasteiger partial charge in [-0.3, -0.25) is 9.69 Å². The second kappa shape index (κ2) is 8.80. The topological polar surface area (TPSA) is 44.4 Å². The van der Waals surface area contributed by atoms with Gasteiger partial charge in [0.1, 0.15) is 0 Å². The summed E-state index contributed by atoms with van der Waals surface area (Å²) in [7, 11) is 0. The van der Waals surface area contributed by atoms with Gasteiger partial charge in [0.2, 0.25) is 5.91 Å². The fraction of sp³-hybridized carbons (Fsp3) is 0.588. The maximum absolute atomic E-state index is 12.3. The van der Waals surface area contributed by atoms with Crippen LogP contribution in [0.25, 0.3) is 0 Å². The normalized spacial score (nSPS) is 18.8. The van der Waals surface area contributed by atoms with E-state index in [1.807, 2.05) is 6.07 Å². The van der Waals surface area contributed by atoms with Crippen LogP contribution in [0.3, 0.4) is 0 Å². The molecule has 1 unspecified atom stereocenters. The molecule has 1 aliphatic heterocycles. The minimum absolute atomic E-state index is 0.0383. The molecule has 2 N–H and O–H groups in total. The molecular formula is C17H27N3O. The van der Waals surface area contributed by atoms with E-state index in [9.17, 15) is 4.79 Å². The summed E-state index contributed by atoms with van der Waals surface area (Å²) >= 11 is 0. The summed E-state index contributed by atoms with van der Waals surface area (Å²) < 4.78 is 0. The van der Waals surface area contributed by atoms with Gasteiger partial charge < -0.3 is 10.6 Å². The van der Waals surface area contributed by atoms with Crippen LogP contribution < -0.4 is 10.6 Å². The van der Waals surface area contributed by atoms with Crippen molar-refractivity contribution in [1.82, 2.24) is 15.5 Å². The lowest BCUT2D eigenvalue weighted by atomic mass is 10.1. The lowest BCUT2D eigenvalue weighted by Crippen LogP contribution is -2.44. The summed E-state index contributed by atoms with van der Waals surface area (Å²) in [5.41, 5.74) is 1.28. The zero-order valence-corrected chi connectivity index (χ0v) is 13.0. The highest BCUT2D eigenvalue weighted by Gasteiger charge is 2.30. The molecule has 1 aromatic carbocycles. The Hall–Kier alpha value is -1.39. The molecule has 0 bridgehead atoms. The number of nitrogens with zero attached hydrogens (tertiary/aromatic N) is 1. The van der Waals surface area contributed by atoms with Crippen LogP contribution >= 0.6 is 0 Å². The highest BCUT2D eigenvalue weighted by Crippen LogP contribution is 2.20. The van der Waals surface area contributed by atoms with Gasteiger partial charge in [-0.05, 0) is 37.9 Å². The Morgan fingerprint density at radius 1 is 1.24 bits per heavy atom. The van der Waals surface area contributed by atoms with Crippen LogP contribution in [0.1, 0.15) is 31.7 Å². The summed E-state index contributed by atoms with van der Waals surface area (Å²) in [5.74, 6) is 0.182. The van der Waals surface area contributed by atoms with Crippen molar-refractivity contribution in [2.75, 3.05) is 26.2 Å². The molecule has 0 spiro atoms. The zero-order chi connectivity index (χ0) is 14.9. The Labute approximate surface area is 127 Å². The van der Waals surface area contributed by atoms with Gasteiger partial charge in [0.25, 0.3) is 0 Å². The summed E-state index contributed by atoms with van der Waals surface area (Å²) in [6.45, 7) is 6.61. The van der Waals surface area contributed by atoms with Gasteiger partial charge in [-0.25, -0.2) is 0 Å². The smallest absolute Gasteiger partial charge is 0.237 e. The quantitative estimate of drug-likeness (QED) is 0.717. The van der Waals surface area contributed by atoms with Gasteiger partial charge in [0.15, 0.2) is 0 Å². The van der Waals surface area contributed by atoms with Gasteiger partial charge in [-0.2, -0.15) is 0 Å². The average Bonchev–Trinajstić information content (AvgIpc) is 2.96. The molecule has 4 heteroatoms. The standard InChI is InChI=1S/C17H27N3O/c1-2-10-18-11-12-19-17(21)16-9-6-13-20(16)14-15-7-4-3-5-8-15/h3-5,7-8,16,18H,2,6,9-14H2,1H3,(H,19,21). The number of nitrogens with one attached hydrogen (secondary N) is 2. The fourth-order valence-electron chi connectivity index (χ4n) is 2.82. The first-order valence-electron chi connectivity index (χ1n) is 8.07. The molecule has 1 aromatic rings. The van der Waals surface area contributed by atoms with Gasteiger partial charge in [-0.1, -0.05) is 37.3 Å². The molecule has 2 rings (SSSR count). The second-order valence-electron chi connectivity index (χ2n) is 5.66. The number of likely N-dealkylation sites (tertiary alicyclic amines) is 1. The maximum Gasteiger partial charge on any atom is 0.237 e. The van der Waals surface area contributed by atoms with E-state index in [0.29, 0.717) is 6.54 Å². The average molecular weight is 289 g/mol. The first-order chi connectivity index (χ1) is 10.3. The molecule has 21 heavy (non-hydrogen) atoms.